The molecule has 1 aromatic rings. The second kappa shape index (κ2) is 8.31. The summed E-state index contributed by atoms with van der Waals surface area (Å²) in [6, 6.07) is 0. The molecule has 0 fully saturated rings. The van der Waals surface area contributed by atoms with E-state index in [0.717, 1.165) is 6.08 Å². The molecule has 0 amide bonds. The van der Waals surface area contributed by atoms with E-state index in [9.17, 15) is 4.79 Å². The zero-order valence-electron chi connectivity index (χ0n) is 10.3. The van der Waals surface area contributed by atoms with E-state index < -0.39 is 5.97 Å². The molecular weight excluding hydrogens is 252 g/mol. The zero-order valence-corrected chi connectivity index (χ0v) is 10.3. The summed E-state index contributed by atoms with van der Waals surface area (Å²) in [5.41, 5.74) is 11.1. The number of anilines is 2. The molecule has 0 radical (unpaired) electrons. The number of nitrogens with two attached hydrogens (primary N) is 2. The number of aromatic nitrogens is 3. The van der Waals surface area contributed by atoms with E-state index in [1.165, 1.54) is 0 Å². The maximum atomic E-state index is 11.0. The van der Waals surface area contributed by atoms with Crippen molar-refractivity contribution in [1.82, 2.24) is 15.0 Å². The molecule has 0 atom stereocenters. The van der Waals surface area contributed by atoms with Gasteiger partial charge in [0.05, 0.1) is 6.61 Å². The van der Waals surface area contributed by atoms with Crippen LogP contribution in [0.5, 0.6) is 0 Å². The number of nitrogens with one attached hydrogen (secondary N) is 1. The first-order chi connectivity index (χ1) is 8.90. The highest BCUT2D eigenvalue weighted by Crippen LogP contribution is 2.00. The lowest BCUT2D eigenvalue weighted by atomic mass is 10.3. The number of rotatable bonds is 4. The predicted octanol–water partition coefficient (Wildman–Crippen LogP) is -0.401. The first-order valence-electron chi connectivity index (χ1n) is 5.03. The molecule has 0 aliphatic rings. The monoisotopic (exact) mass is 266 g/mol. The molecule has 5 N–H and O–H groups in total. The Labute approximate surface area is 109 Å². The number of nitrogen functional groups attached to an aromatic ring is 2. The van der Waals surface area contributed by atoms with Crippen molar-refractivity contribution in [2.45, 2.75) is 13.3 Å². The van der Waals surface area contributed by atoms with Gasteiger partial charge in [0.25, 0.3) is 0 Å². The minimum absolute atomic E-state index is 0.0497. The Bertz CT molecular complexity index is 476. The van der Waals surface area contributed by atoms with Gasteiger partial charge in [-0.05, 0) is 6.92 Å². The van der Waals surface area contributed by atoms with Gasteiger partial charge in [-0.3, -0.25) is 0 Å². The molecular formula is C10H14N6O3. The Kier molecular flexibility index (Phi) is 7.09. The number of carbonyl (C=O) groups excluding carboxylic acids is 2. The van der Waals surface area contributed by atoms with Gasteiger partial charge in [0, 0.05) is 12.0 Å². The van der Waals surface area contributed by atoms with Crippen molar-refractivity contribution in [2.24, 2.45) is 0 Å². The minimum Gasteiger partial charge on any atom is -0.462 e. The second-order valence-electron chi connectivity index (χ2n) is 3.24. The van der Waals surface area contributed by atoms with Crippen molar-refractivity contribution in [3.8, 4) is 0 Å². The highest BCUT2D eigenvalue weighted by Gasteiger charge is 2.05. The fraction of sp³-hybridized carbons (Fsp3) is 0.300. The van der Waals surface area contributed by atoms with E-state index in [0.29, 0.717) is 17.8 Å². The van der Waals surface area contributed by atoms with Crippen molar-refractivity contribution in [3.63, 3.8) is 0 Å². The van der Waals surface area contributed by atoms with Gasteiger partial charge < -0.3 is 16.2 Å². The summed E-state index contributed by atoms with van der Waals surface area (Å²) in [5.74, 6) is 0.0389. The van der Waals surface area contributed by atoms with Gasteiger partial charge >= 0.3 is 5.97 Å². The molecule has 9 heteroatoms. The Morgan fingerprint density at radius 2 is 1.84 bits per heavy atom. The van der Waals surface area contributed by atoms with Crippen LogP contribution < -0.4 is 11.5 Å². The van der Waals surface area contributed by atoms with E-state index in [1.54, 1.807) is 6.92 Å². The van der Waals surface area contributed by atoms with Crippen molar-refractivity contribution < 1.29 is 14.3 Å². The molecule has 0 aromatic carbocycles. The molecule has 1 aromatic heterocycles. The van der Waals surface area contributed by atoms with Gasteiger partial charge in [-0.25, -0.2) is 15.0 Å². The van der Waals surface area contributed by atoms with Crippen molar-refractivity contribution >= 4 is 23.9 Å². The summed E-state index contributed by atoms with van der Waals surface area (Å²) >= 11 is 0. The van der Waals surface area contributed by atoms with Crippen LogP contribution in [0.25, 0.3) is 0 Å². The lowest BCUT2D eigenvalue weighted by Gasteiger charge is -2.04. The Morgan fingerprint density at radius 3 is 2.26 bits per heavy atom. The lowest BCUT2D eigenvalue weighted by Crippen LogP contribution is -2.12. The first-order valence-corrected chi connectivity index (χ1v) is 5.03. The van der Waals surface area contributed by atoms with Crippen LogP contribution in [-0.2, 0) is 20.7 Å². The average molecular weight is 266 g/mol. The third-order valence-electron chi connectivity index (χ3n) is 1.62. The van der Waals surface area contributed by atoms with Crippen LogP contribution in [0, 0.1) is 5.41 Å². The molecule has 102 valence electrons. The van der Waals surface area contributed by atoms with Gasteiger partial charge in [-0.1, -0.05) is 6.58 Å². The van der Waals surface area contributed by atoms with Crippen molar-refractivity contribution in [2.75, 3.05) is 18.1 Å². The van der Waals surface area contributed by atoms with Crippen LogP contribution in [0.15, 0.2) is 12.2 Å². The van der Waals surface area contributed by atoms with E-state index >= 15 is 0 Å². The maximum absolute atomic E-state index is 11.0. The summed E-state index contributed by atoms with van der Waals surface area (Å²) in [6.45, 7) is 5.17. The smallest absolute Gasteiger partial charge is 0.333 e. The van der Waals surface area contributed by atoms with Crippen LogP contribution in [0.3, 0.4) is 0 Å². The molecule has 0 bridgehead atoms. The molecule has 1 rings (SSSR count). The van der Waals surface area contributed by atoms with Gasteiger partial charge in [0.2, 0.25) is 18.0 Å². The van der Waals surface area contributed by atoms with Gasteiger partial charge in [-0.2, -0.15) is 15.0 Å². The van der Waals surface area contributed by atoms with E-state index in [1.807, 2.05) is 0 Å². The zero-order chi connectivity index (χ0) is 14.8. The normalized spacial score (nSPS) is 8.68. The van der Waals surface area contributed by atoms with Crippen LogP contribution in [-0.4, -0.2) is 33.6 Å². The molecule has 0 saturated heterocycles. The number of hydrogen-bond acceptors (Lipinski definition) is 9. The molecule has 1 heterocycles. The summed E-state index contributed by atoms with van der Waals surface area (Å²) in [7, 11) is 0. The fourth-order valence-electron chi connectivity index (χ4n) is 0.927. The maximum Gasteiger partial charge on any atom is 0.333 e. The number of nitrogens with zero attached hydrogens (tertiary/aromatic N) is 3. The number of ether oxygens (including phenoxy) is 1. The topological polar surface area (TPSA) is 158 Å². The fourth-order valence-corrected chi connectivity index (χ4v) is 0.927. The number of esters is 1. The molecule has 0 unspecified atom stereocenters. The first kappa shape index (κ1) is 16.2. The van der Waals surface area contributed by atoms with Crippen molar-refractivity contribution in [3.05, 3.63) is 18.0 Å². The standard InChI is InChI=1S/C9H13N5O2.CHNO/c1-5(2)7(15)16-4-3-6-12-8(10)14-9(11)13-6;2-1-3/h1,3-4H2,2H3,(H4,10,11,12,13,14);2H. The summed E-state index contributed by atoms with van der Waals surface area (Å²) < 4.78 is 4.87. The third kappa shape index (κ3) is 7.18. The van der Waals surface area contributed by atoms with Crippen molar-refractivity contribution in [1.29, 1.82) is 5.41 Å². The number of hydrogen-bond donors (Lipinski definition) is 3. The highest BCUT2D eigenvalue weighted by atomic mass is 16.5. The largest absolute Gasteiger partial charge is 0.462 e. The SMILES string of the molecule is C=C(C)C(=O)OCCc1nc(N)nc(N)n1.N=C=O. The van der Waals surface area contributed by atoms with E-state index in [2.05, 4.69) is 21.5 Å². The Morgan fingerprint density at radius 1 is 1.37 bits per heavy atom. The predicted molar refractivity (Wildman–Crippen MR) is 66.5 cm³/mol. The van der Waals surface area contributed by atoms with Gasteiger partial charge in [-0.15, -0.1) is 0 Å². The summed E-state index contributed by atoms with van der Waals surface area (Å²) in [5, 5.41) is 5.40. The molecule has 0 aliphatic carbocycles. The van der Waals surface area contributed by atoms with Crippen LogP contribution in [0.1, 0.15) is 12.7 Å². The van der Waals surface area contributed by atoms with Crippen LogP contribution in [0.2, 0.25) is 0 Å². The third-order valence-corrected chi connectivity index (χ3v) is 1.62. The highest BCUT2D eigenvalue weighted by molar-refractivity contribution is 5.86. The summed E-state index contributed by atoms with van der Waals surface area (Å²) in [6.07, 6.45) is 1.08. The number of carbonyl (C=O) groups is 1. The second-order valence-corrected chi connectivity index (χ2v) is 3.24. The molecule has 9 nitrogen and oxygen atoms in total. The molecule has 0 saturated carbocycles. The van der Waals surface area contributed by atoms with E-state index in [-0.39, 0.29) is 18.5 Å². The lowest BCUT2D eigenvalue weighted by molar-refractivity contribution is -0.138. The average Bonchev–Trinajstić information content (AvgIpc) is 2.28. The van der Waals surface area contributed by atoms with E-state index in [4.69, 9.17) is 26.4 Å². The quantitative estimate of drug-likeness (QED) is 0.287. The minimum atomic E-state index is -0.449. The summed E-state index contributed by atoms with van der Waals surface area (Å²) in [4.78, 5) is 30.7. The molecule has 19 heavy (non-hydrogen) atoms. The van der Waals surface area contributed by atoms with Crippen LogP contribution >= 0.6 is 0 Å². The molecule has 0 spiro atoms. The Balaban J connectivity index is 0.000000982. The Hall–Kier alpha value is -2.80. The van der Waals surface area contributed by atoms with Gasteiger partial charge in [0.1, 0.15) is 5.82 Å². The van der Waals surface area contributed by atoms with Crippen LogP contribution in [0.4, 0.5) is 11.9 Å². The number of isocyanates is 1. The molecule has 0 aliphatic heterocycles. The van der Waals surface area contributed by atoms with Gasteiger partial charge in [0.15, 0.2) is 0 Å².